The van der Waals surface area contributed by atoms with Gasteiger partial charge in [-0.25, -0.2) is 0 Å². The topological polar surface area (TPSA) is 107 Å². The van der Waals surface area contributed by atoms with E-state index in [0.29, 0.717) is 6.54 Å². The number of hydroxylamine groups is 2. The summed E-state index contributed by atoms with van der Waals surface area (Å²) >= 11 is 2.23. The molecule has 1 aromatic carbocycles. The third-order valence-corrected chi connectivity index (χ3v) is 7.23. The zero-order chi connectivity index (χ0) is 20.2. The number of nitrogens with one attached hydrogen (secondary N) is 1. The molecule has 1 aromatic rings. The van der Waals surface area contributed by atoms with Crippen LogP contribution in [0.5, 0.6) is 0 Å². The molecule has 0 aromatic heterocycles. The van der Waals surface area contributed by atoms with Crippen LogP contribution < -0.4 is 5.32 Å². The summed E-state index contributed by atoms with van der Waals surface area (Å²) in [5.74, 6) is -0.829. The lowest BCUT2D eigenvalue weighted by molar-refractivity contribution is -0.201. The maximum Gasteiger partial charge on any atom is 0.327 e. The number of rotatable bonds is 5. The van der Waals surface area contributed by atoms with Crippen molar-refractivity contribution in [1.29, 1.82) is 0 Å². The molecule has 3 aliphatic heterocycles. The van der Waals surface area contributed by atoms with Crippen LogP contribution in [0.4, 0.5) is 0 Å². The van der Waals surface area contributed by atoms with E-state index in [2.05, 4.69) is 27.9 Å². The van der Waals surface area contributed by atoms with Crippen molar-refractivity contribution in [2.45, 2.75) is 43.4 Å². The fraction of sp³-hybridized carbons (Fsp3) is 0.579. The van der Waals surface area contributed by atoms with Crippen molar-refractivity contribution in [3.05, 3.63) is 33.4 Å². The molecule has 1 saturated carbocycles. The van der Waals surface area contributed by atoms with E-state index in [1.807, 2.05) is 24.3 Å². The number of esters is 1. The number of nitrogens with zero attached hydrogens (tertiary/aromatic N) is 1. The minimum Gasteiger partial charge on any atom is -0.458 e. The Kier molecular flexibility index (Phi) is 5.03. The van der Waals surface area contributed by atoms with Crippen molar-refractivity contribution in [1.82, 2.24) is 10.4 Å². The van der Waals surface area contributed by atoms with Crippen molar-refractivity contribution in [3.63, 3.8) is 0 Å². The number of hydrogen-bond acceptors (Lipinski definition) is 8. The lowest BCUT2D eigenvalue weighted by atomic mass is 9.62. The lowest BCUT2D eigenvalue weighted by Crippen LogP contribution is -2.69. The van der Waals surface area contributed by atoms with Crippen LogP contribution in [0.2, 0.25) is 0 Å². The summed E-state index contributed by atoms with van der Waals surface area (Å²) in [6.07, 6.45) is -1.92. The number of aliphatic hydroxyl groups is 1. The first kappa shape index (κ1) is 19.6. The molecule has 1 aliphatic carbocycles. The second kappa shape index (κ2) is 7.43. The average Bonchev–Trinajstić information content (AvgIpc) is 3.32. The highest BCUT2D eigenvalue weighted by atomic mass is 127. The highest BCUT2D eigenvalue weighted by Crippen LogP contribution is 2.55. The van der Waals surface area contributed by atoms with Crippen LogP contribution in [0.1, 0.15) is 12.0 Å². The van der Waals surface area contributed by atoms with Gasteiger partial charge in [-0.15, -0.1) is 0 Å². The molecule has 2 bridgehead atoms. The zero-order valence-corrected chi connectivity index (χ0v) is 17.6. The maximum absolute atomic E-state index is 13.3. The third kappa shape index (κ3) is 2.92. The first-order chi connectivity index (χ1) is 14.1. The van der Waals surface area contributed by atoms with Gasteiger partial charge in [0.15, 0.2) is 6.04 Å². The second-order valence-corrected chi connectivity index (χ2v) is 8.84. The number of benzene rings is 1. The Labute approximate surface area is 180 Å². The van der Waals surface area contributed by atoms with E-state index < -0.39 is 41.8 Å². The largest absolute Gasteiger partial charge is 0.458 e. The number of ether oxygens (including phenoxy) is 3. The number of carbonyl (C=O) groups is 2. The van der Waals surface area contributed by atoms with Gasteiger partial charge in [0.1, 0.15) is 36.6 Å². The van der Waals surface area contributed by atoms with E-state index in [1.54, 1.807) is 5.06 Å². The van der Waals surface area contributed by atoms with Gasteiger partial charge in [0.05, 0.1) is 13.2 Å². The van der Waals surface area contributed by atoms with Crippen LogP contribution in [0, 0.1) is 8.99 Å². The van der Waals surface area contributed by atoms with Gasteiger partial charge in [-0.3, -0.25) is 14.4 Å². The normalized spacial score (nSPS) is 37.9. The van der Waals surface area contributed by atoms with Crippen LogP contribution in [0.15, 0.2) is 24.3 Å². The molecular formula is C19H21IN2O7. The lowest BCUT2D eigenvalue weighted by Gasteiger charge is -2.48. The van der Waals surface area contributed by atoms with E-state index in [4.69, 9.17) is 24.2 Å². The van der Waals surface area contributed by atoms with Crippen LogP contribution >= 0.6 is 22.6 Å². The van der Waals surface area contributed by atoms with E-state index in [1.165, 1.54) is 0 Å². The summed E-state index contributed by atoms with van der Waals surface area (Å²) in [5, 5.41) is 13.5. The highest BCUT2D eigenvalue weighted by Gasteiger charge is 2.74. The molecule has 156 valence electrons. The molecule has 29 heavy (non-hydrogen) atoms. The molecule has 3 heterocycles. The van der Waals surface area contributed by atoms with Gasteiger partial charge in [-0.2, -0.15) is 5.06 Å². The number of amides is 1. The Hall–Kier alpha value is -1.31. The summed E-state index contributed by atoms with van der Waals surface area (Å²) in [7, 11) is 0. The summed E-state index contributed by atoms with van der Waals surface area (Å²) in [6.45, 7) is 0.303. The molecule has 2 N–H and O–H groups in total. The predicted octanol–water partition coefficient (Wildman–Crippen LogP) is -0.0589. The van der Waals surface area contributed by atoms with Crippen molar-refractivity contribution >= 4 is 34.5 Å². The zero-order valence-electron chi connectivity index (χ0n) is 15.5. The van der Waals surface area contributed by atoms with Crippen LogP contribution in [-0.2, 0) is 35.2 Å². The molecule has 0 radical (unpaired) electrons. The predicted molar refractivity (Wildman–Crippen MR) is 105 cm³/mol. The standard InChI is InChI=1S/C19H21IN2O7/c20-11-4-2-1-3-10(11)8-22-15-17(24)28-12-7-19(15,18(25)21-5-6-23)16(29-22)14-13(12)26-9-27-14/h1-4,12-16,23H,5-9H2,(H,21,25). The first-order valence-electron chi connectivity index (χ1n) is 9.56. The van der Waals surface area contributed by atoms with E-state index in [0.717, 1.165) is 9.13 Å². The summed E-state index contributed by atoms with van der Waals surface area (Å²) in [4.78, 5) is 32.6. The monoisotopic (exact) mass is 516 g/mol. The number of aliphatic hydroxyl groups excluding tert-OH is 1. The molecule has 6 unspecified atom stereocenters. The molecule has 0 spiro atoms. The van der Waals surface area contributed by atoms with Gasteiger partial charge in [-0.1, -0.05) is 18.2 Å². The third-order valence-electron chi connectivity index (χ3n) is 6.18. The van der Waals surface area contributed by atoms with Gasteiger partial charge in [0.25, 0.3) is 0 Å². The fourth-order valence-corrected chi connectivity index (χ4v) is 5.52. The SMILES string of the molecule is O=C1OC2CC3(C(=O)NCCO)C(ON(Cc4ccccc4I)C13)C1OCOC21. The smallest absolute Gasteiger partial charge is 0.327 e. The molecule has 4 fully saturated rings. The van der Waals surface area contributed by atoms with E-state index in [-0.39, 0.29) is 32.3 Å². The van der Waals surface area contributed by atoms with Crippen LogP contribution in [-0.4, -0.2) is 72.4 Å². The molecule has 1 amide bonds. The number of hydrogen-bond donors (Lipinski definition) is 2. The Morgan fingerprint density at radius 3 is 2.90 bits per heavy atom. The number of carbonyl (C=O) groups excluding carboxylic acids is 2. The quantitative estimate of drug-likeness (QED) is 0.415. The van der Waals surface area contributed by atoms with Gasteiger partial charge < -0.3 is 24.6 Å². The Morgan fingerprint density at radius 2 is 2.10 bits per heavy atom. The number of fused-ring (bicyclic) bond motifs is 4. The minimum atomic E-state index is -1.16. The number of halogens is 1. The Bertz CT molecular complexity index is 839. The van der Waals surface area contributed by atoms with Crippen molar-refractivity contribution in [2.75, 3.05) is 19.9 Å². The average molecular weight is 516 g/mol. The van der Waals surface area contributed by atoms with Gasteiger partial charge in [-0.05, 0) is 34.2 Å². The molecule has 3 saturated heterocycles. The minimum absolute atomic E-state index is 0.0683. The molecule has 6 atom stereocenters. The summed E-state index contributed by atoms with van der Waals surface area (Å²) in [5.41, 5.74) is -0.183. The van der Waals surface area contributed by atoms with Gasteiger partial charge >= 0.3 is 5.97 Å². The maximum atomic E-state index is 13.3. The first-order valence-corrected chi connectivity index (χ1v) is 10.6. The second-order valence-electron chi connectivity index (χ2n) is 7.67. The van der Waals surface area contributed by atoms with Gasteiger partial charge in [0.2, 0.25) is 5.91 Å². The van der Waals surface area contributed by atoms with Crippen LogP contribution in [0.3, 0.4) is 0 Å². The highest BCUT2D eigenvalue weighted by molar-refractivity contribution is 14.1. The van der Waals surface area contributed by atoms with Crippen molar-refractivity contribution in [3.8, 4) is 0 Å². The van der Waals surface area contributed by atoms with Crippen molar-refractivity contribution < 1.29 is 33.7 Å². The molecular weight excluding hydrogens is 495 g/mol. The molecule has 10 heteroatoms. The van der Waals surface area contributed by atoms with E-state index >= 15 is 0 Å². The fourth-order valence-electron chi connectivity index (χ4n) is 4.96. The molecule has 9 nitrogen and oxygen atoms in total. The Balaban J connectivity index is 1.55. The van der Waals surface area contributed by atoms with E-state index in [9.17, 15) is 9.59 Å². The summed E-state index contributed by atoms with van der Waals surface area (Å²) in [6, 6.07) is 6.89. The van der Waals surface area contributed by atoms with Crippen LogP contribution in [0.25, 0.3) is 0 Å². The molecule has 4 aliphatic rings. The summed E-state index contributed by atoms with van der Waals surface area (Å²) < 4.78 is 18.1. The van der Waals surface area contributed by atoms with Gasteiger partial charge in [0, 0.05) is 16.5 Å². The van der Waals surface area contributed by atoms with Crippen molar-refractivity contribution in [2.24, 2.45) is 5.41 Å². The molecule has 5 rings (SSSR count). The Morgan fingerprint density at radius 1 is 1.31 bits per heavy atom.